The van der Waals surface area contributed by atoms with Crippen molar-refractivity contribution in [1.29, 1.82) is 0 Å². The molecule has 2 N–H and O–H groups in total. The summed E-state index contributed by atoms with van der Waals surface area (Å²) >= 11 is 6.25. The van der Waals surface area contributed by atoms with Crippen LogP contribution in [0, 0.1) is 12.7 Å². The molecule has 0 unspecified atom stereocenters. The molecule has 1 saturated carbocycles. The van der Waals surface area contributed by atoms with Crippen LogP contribution >= 0.6 is 11.6 Å². The molecule has 0 bridgehead atoms. The lowest BCUT2D eigenvalue weighted by molar-refractivity contribution is 0.586. The summed E-state index contributed by atoms with van der Waals surface area (Å²) in [5, 5.41) is 7.85. The van der Waals surface area contributed by atoms with Crippen molar-refractivity contribution in [2.45, 2.75) is 25.7 Å². The average molecular weight is 490 g/mol. The minimum Gasteiger partial charge on any atom is -0.353 e. The molecule has 0 atom stereocenters. The van der Waals surface area contributed by atoms with Gasteiger partial charge in [-0.2, -0.15) is 0 Å². The summed E-state index contributed by atoms with van der Waals surface area (Å²) in [6.45, 7) is 5.29. The molecular weight excluding hydrogens is 465 g/mol. The van der Waals surface area contributed by atoms with Crippen LogP contribution in [0.2, 0.25) is 5.02 Å². The number of nitrogens with zero attached hydrogens (tertiary/aromatic N) is 5. The van der Waals surface area contributed by atoms with Crippen molar-refractivity contribution < 1.29 is 4.39 Å². The van der Waals surface area contributed by atoms with Crippen molar-refractivity contribution in [3.8, 4) is 11.4 Å². The van der Waals surface area contributed by atoms with Gasteiger partial charge in [0.05, 0.1) is 22.4 Å². The third kappa shape index (κ3) is 4.28. The zero-order chi connectivity index (χ0) is 23.9. The van der Waals surface area contributed by atoms with Crippen LogP contribution in [-0.2, 0) is 0 Å². The highest BCUT2D eigenvalue weighted by molar-refractivity contribution is 6.33. The molecule has 0 spiro atoms. The molecule has 1 aliphatic carbocycles. The maximum atomic E-state index is 14.7. The van der Waals surface area contributed by atoms with Gasteiger partial charge in [0.15, 0.2) is 11.6 Å². The third-order valence-electron chi connectivity index (χ3n) is 6.61. The first-order valence-electron chi connectivity index (χ1n) is 11.9. The Balaban J connectivity index is 1.44. The van der Waals surface area contributed by atoms with E-state index in [0.29, 0.717) is 28.1 Å². The summed E-state index contributed by atoms with van der Waals surface area (Å²) < 4.78 is 14.7. The van der Waals surface area contributed by atoms with Gasteiger partial charge in [-0.25, -0.2) is 19.3 Å². The number of fused-ring (bicyclic) bond motifs is 1. The van der Waals surface area contributed by atoms with Gasteiger partial charge in [-0.15, -0.1) is 0 Å². The Bertz CT molecular complexity index is 1420. The highest BCUT2D eigenvalue weighted by atomic mass is 35.5. The molecule has 6 rings (SSSR count). The van der Waals surface area contributed by atoms with Crippen LogP contribution < -0.4 is 15.5 Å². The third-order valence-corrected chi connectivity index (χ3v) is 6.92. The fourth-order valence-electron chi connectivity index (χ4n) is 4.56. The molecule has 4 heterocycles. The molecule has 35 heavy (non-hydrogen) atoms. The van der Waals surface area contributed by atoms with Gasteiger partial charge in [0, 0.05) is 49.5 Å². The van der Waals surface area contributed by atoms with Gasteiger partial charge >= 0.3 is 0 Å². The van der Waals surface area contributed by atoms with E-state index in [-0.39, 0.29) is 5.69 Å². The molecule has 3 aromatic heterocycles. The number of anilines is 3. The Morgan fingerprint density at radius 2 is 1.94 bits per heavy atom. The molecule has 1 aliphatic heterocycles. The van der Waals surface area contributed by atoms with Crippen molar-refractivity contribution >= 4 is 39.8 Å². The average Bonchev–Trinajstić information content (AvgIpc) is 3.74. The smallest absolute Gasteiger partial charge is 0.162 e. The normalized spacial score (nSPS) is 16.0. The molecule has 1 saturated heterocycles. The Kier molecular flexibility index (Phi) is 5.70. The highest BCUT2D eigenvalue weighted by Crippen LogP contribution is 2.45. The standard InChI is InChI=1S/C26H25ClFN7/c1-15-2-5-19(27)24(23(15)28)33-21-12-17(6-7-31-21)25-32-20-14-30-13-18(16-3-4-16)22(20)26(34-25)35-10-8-29-9-11-35/h2,5-7,12-14,16,29H,3-4,8-11H2,1H3,(H,31,33). The number of piperazine rings is 1. The van der Waals surface area contributed by atoms with E-state index in [1.54, 1.807) is 25.3 Å². The van der Waals surface area contributed by atoms with Crippen molar-refractivity contribution in [1.82, 2.24) is 25.3 Å². The summed E-state index contributed by atoms with van der Waals surface area (Å²) in [7, 11) is 0. The molecule has 9 heteroatoms. The number of rotatable bonds is 5. The molecule has 7 nitrogen and oxygen atoms in total. The zero-order valence-corrected chi connectivity index (χ0v) is 20.1. The molecule has 4 aromatic rings. The number of benzene rings is 1. The SMILES string of the molecule is Cc1ccc(Cl)c(Nc2cc(-c3nc(N4CCNCC4)c4c(C5CC5)cncc4n3)ccn2)c1F. The molecule has 2 aliphatic rings. The van der Waals surface area contributed by atoms with Crippen molar-refractivity contribution in [2.24, 2.45) is 0 Å². The van der Waals surface area contributed by atoms with Crippen molar-refractivity contribution in [3.05, 3.63) is 64.8 Å². The highest BCUT2D eigenvalue weighted by Gasteiger charge is 2.29. The van der Waals surface area contributed by atoms with Crippen LogP contribution in [0.15, 0.2) is 42.9 Å². The monoisotopic (exact) mass is 489 g/mol. The van der Waals surface area contributed by atoms with Crippen molar-refractivity contribution in [2.75, 3.05) is 36.4 Å². The largest absolute Gasteiger partial charge is 0.353 e. The number of pyridine rings is 2. The lowest BCUT2D eigenvalue weighted by Gasteiger charge is -2.30. The van der Waals surface area contributed by atoms with Crippen LogP contribution in [0.5, 0.6) is 0 Å². The van der Waals surface area contributed by atoms with E-state index in [4.69, 9.17) is 21.6 Å². The minimum atomic E-state index is -0.397. The predicted octanol–water partition coefficient (Wildman–Crippen LogP) is 5.22. The Morgan fingerprint density at radius 1 is 1.11 bits per heavy atom. The Morgan fingerprint density at radius 3 is 2.74 bits per heavy atom. The van der Waals surface area contributed by atoms with Gasteiger partial charge in [-0.05, 0) is 55.0 Å². The lowest BCUT2D eigenvalue weighted by Crippen LogP contribution is -2.44. The van der Waals surface area contributed by atoms with E-state index in [1.165, 1.54) is 18.4 Å². The number of aromatic nitrogens is 4. The first-order valence-corrected chi connectivity index (χ1v) is 12.3. The molecular formula is C26H25ClFN7. The second-order valence-electron chi connectivity index (χ2n) is 9.11. The maximum absolute atomic E-state index is 14.7. The number of halogens is 2. The summed E-state index contributed by atoms with van der Waals surface area (Å²) in [4.78, 5) is 21.2. The van der Waals surface area contributed by atoms with Gasteiger partial charge in [0.25, 0.3) is 0 Å². The quantitative estimate of drug-likeness (QED) is 0.398. The molecule has 1 aromatic carbocycles. The summed E-state index contributed by atoms with van der Waals surface area (Å²) in [5.41, 5.74) is 3.57. The molecule has 0 amide bonds. The van der Waals surface area contributed by atoms with Gasteiger partial charge in [0.2, 0.25) is 0 Å². The van der Waals surface area contributed by atoms with Crippen LogP contribution in [-0.4, -0.2) is 46.1 Å². The number of hydrogen-bond donors (Lipinski definition) is 2. The number of nitrogens with one attached hydrogen (secondary N) is 2. The predicted molar refractivity (Wildman–Crippen MR) is 137 cm³/mol. The molecule has 2 fully saturated rings. The molecule has 0 radical (unpaired) electrons. The zero-order valence-electron chi connectivity index (χ0n) is 19.4. The van der Waals surface area contributed by atoms with Gasteiger partial charge in [-0.1, -0.05) is 17.7 Å². The molecule has 178 valence electrons. The van der Waals surface area contributed by atoms with Crippen LogP contribution in [0.1, 0.15) is 29.9 Å². The maximum Gasteiger partial charge on any atom is 0.162 e. The fraction of sp³-hybridized carbons (Fsp3) is 0.308. The Labute approximate surface area is 207 Å². The van der Waals surface area contributed by atoms with Gasteiger partial charge in [-0.3, -0.25) is 4.98 Å². The van der Waals surface area contributed by atoms with Gasteiger partial charge in [0.1, 0.15) is 11.6 Å². The van der Waals surface area contributed by atoms with E-state index < -0.39 is 5.82 Å². The minimum absolute atomic E-state index is 0.204. The van der Waals surface area contributed by atoms with Crippen LogP contribution in [0.25, 0.3) is 22.3 Å². The van der Waals surface area contributed by atoms with Crippen LogP contribution in [0.4, 0.5) is 21.7 Å². The number of aryl methyl sites for hydroxylation is 1. The van der Waals surface area contributed by atoms with Crippen LogP contribution in [0.3, 0.4) is 0 Å². The first kappa shape index (κ1) is 22.1. The topological polar surface area (TPSA) is 78.9 Å². The van der Waals surface area contributed by atoms with E-state index >= 15 is 0 Å². The second-order valence-corrected chi connectivity index (χ2v) is 9.52. The van der Waals surface area contributed by atoms with E-state index in [2.05, 4.69) is 25.5 Å². The number of hydrogen-bond acceptors (Lipinski definition) is 7. The van der Waals surface area contributed by atoms with E-state index in [1.807, 2.05) is 24.5 Å². The first-order chi connectivity index (χ1) is 17.1. The van der Waals surface area contributed by atoms with Crippen molar-refractivity contribution in [3.63, 3.8) is 0 Å². The second kappa shape index (κ2) is 9.02. The summed E-state index contributed by atoms with van der Waals surface area (Å²) in [6, 6.07) is 7.00. The summed E-state index contributed by atoms with van der Waals surface area (Å²) in [5.74, 6) is 2.14. The van der Waals surface area contributed by atoms with Gasteiger partial charge < -0.3 is 15.5 Å². The van der Waals surface area contributed by atoms with E-state index in [9.17, 15) is 4.39 Å². The lowest BCUT2D eigenvalue weighted by atomic mass is 10.1. The van der Waals surface area contributed by atoms with E-state index in [0.717, 1.165) is 48.5 Å². The fourth-order valence-corrected chi connectivity index (χ4v) is 4.76. The Hall–Kier alpha value is -3.36. The summed E-state index contributed by atoms with van der Waals surface area (Å²) in [6.07, 6.45) is 7.82.